The van der Waals surface area contributed by atoms with Crippen LogP contribution in [0.3, 0.4) is 0 Å². The summed E-state index contributed by atoms with van der Waals surface area (Å²) in [5, 5.41) is 1.96. The molecule has 1 aromatic heterocycles. The maximum Gasteiger partial charge on any atom is 0.174 e. The van der Waals surface area contributed by atoms with Crippen molar-refractivity contribution in [3.8, 4) is 0 Å². The molecule has 0 aliphatic rings. The third-order valence-electron chi connectivity index (χ3n) is 2.53. The van der Waals surface area contributed by atoms with Gasteiger partial charge in [-0.25, -0.2) is 0 Å². The highest BCUT2D eigenvalue weighted by Gasteiger charge is 2.09. The van der Waals surface area contributed by atoms with Gasteiger partial charge in [-0.05, 0) is 37.4 Å². The van der Waals surface area contributed by atoms with Gasteiger partial charge in [0.2, 0.25) is 0 Å². The van der Waals surface area contributed by atoms with E-state index in [9.17, 15) is 4.79 Å². The molecular weight excluding hydrogens is 218 g/mol. The van der Waals surface area contributed by atoms with E-state index in [-0.39, 0.29) is 5.78 Å². The Hall–Kier alpha value is -0.670. The number of ketones is 1. The maximum atomic E-state index is 11.8. The normalized spacial score (nSPS) is 10.9. The highest BCUT2D eigenvalue weighted by atomic mass is 32.1. The molecule has 0 bridgehead atoms. The van der Waals surface area contributed by atoms with Gasteiger partial charge >= 0.3 is 0 Å². The van der Waals surface area contributed by atoms with Gasteiger partial charge < -0.3 is 4.90 Å². The fraction of sp³-hybridized carbons (Fsp3) is 0.615. The van der Waals surface area contributed by atoms with Gasteiger partial charge in [0.15, 0.2) is 5.78 Å². The van der Waals surface area contributed by atoms with Crippen molar-refractivity contribution < 1.29 is 4.79 Å². The SMILES string of the molecule is CCCN(CCC)CCC(=O)c1cccs1. The van der Waals surface area contributed by atoms with E-state index in [2.05, 4.69) is 18.7 Å². The van der Waals surface area contributed by atoms with Gasteiger partial charge in [0.25, 0.3) is 0 Å². The van der Waals surface area contributed by atoms with Gasteiger partial charge in [-0.1, -0.05) is 19.9 Å². The molecule has 0 aliphatic carbocycles. The van der Waals surface area contributed by atoms with Gasteiger partial charge in [0.1, 0.15) is 0 Å². The Balaban J connectivity index is 2.34. The van der Waals surface area contributed by atoms with Crippen molar-refractivity contribution in [2.24, 2.45) is 0 Å². The van der Waals surface area contributed by atoms with Crippen molar-refractivity contribution in [2.75, 3.05) is 19.6 Å². The number of thiophene rings is 1. The predicted octanol–water partition coefficient (Wildman–Crippen LogP) is 3.44. The van der Waals surface area contributed by atoms with Gasteiger partial charge in [0, 0.05) is 13.0 Å². The van der Waals surface area contributed by atoms with Gasteiger partial charge in [-0.15, -0.1) is 11.3 Å². The van der Waals surface area contributed by atoms with Crippen LogP contribution in [0.2, 0.25) is 0 Å². The highest BCUT2D eigenvalue weighted by Crippen LogP contribution is 2.11. The fourth-order valence-corrected chi connectivity index (χ4v) is 2.48. The summed E-state index contributed by atoms with van der Waals surface area (Å²) in [5.41, 5.74) is 0. The molecule has 0 amide bonds. The Morgan fingerprint density at radius 1 is 1.25 bits per heavy atom. The average Bonchev–Trinajstić information content (AvgIpc) is 2.79. The molecule has 16 heavy (non-hydrogen) atoms. The third kappa shape index (κ3) is 4.45. The molecule has 3 heteroatoms. The van der Waals surface area contributed by atoms with Crippen molar-refractivity contribution in [1.82, 2.24) is 4.90 Å². The van der Waals surface area contributed by atoms with E-state index in [0.29, 0.717) is 6.42 Å². The lowest BCUT2D eigenvalue weighted by Gasteiger charge is -2.20. The number of nitrogens with zero attached hydrogens (tertiary/aromatic N) is 1. The van der Waals surface area contributed by atoms with Crippen LogP contribution < -0.4 is 0 Å². The molecule has 0 saturated heterocycles. The zero-order chi connectivity index (χ0) is 11.8. The first kappa shape index (κ1) is 13.4. The molecule has 1 heterocycles. The summed E-state index contributed by atoms with van der Waals surface area (Å²) in [5.74, 6) is 0.284. The lowest BCUT2D eigenvalue weighted by molar-refractivity contribution is 0.0968. The van der Waals surface area contributed by atoms with Crippen LogP contribution >= 0.6 is 11.3 Å². The Morgan fingerprint density at radius 2 is 1.94 bits per heavy atom. The van der Waals surface area contributed by atoms with Crippen molar-refractivity contribution in [2.45, 2.75) is 33.1 Å². The van der Waals surface area contributed by atoms with E-state index in [1.54, 1.807) is 11.3 Å². The zero-order valence-electron chi connectivity index (χ0n) is 10.2. The van der Waals surface area contributed by atoms with Gasteiger partial charge in [-0.3, -0.25) is 4.79 Å². The second kappa shape index (κ2) is 7.58. The molecule has 1 aromatic rings. The summed E-state index contributed by atoms with van der Waals surface area (Å²) in [7, 11) is 0. The van der Waals surface area contributed by atoms with Crippen LogP contribution in [-0.2, 0) is 0 Å². The van der Waals surface area contributed by atoms with E-state index in [4.69, 9.17) is 0 Å². The Kier molecular flexibility index (Phi) is 6.34. The first-order chi connectivity index (χ1) is 7.77. The van der Waals surface area contributed by atoms with E-state index < -0.39 is 0 Å². The molecule has 0 N–H and O–H groups in total. The molecule has 0 atom stereocenters. The second-order valence-electron chi connectivity index (χ2n) is 3.99. The van der Waals surface area contributed by atoms with Crippen LogP contribution in [0.15, 0.2) is 17.5 Å². The van der Waals surface area contributed by atoms with Crippen molar-refractivity contribution in [3.63, 3.8) is 0 Å². The van der Waals surface area contributed by atoms with Crippen LogP contribution in [0.25, 0.3) is 0 Å². The van der Waals surface area contributed by atoms with Crippen molar-refractivity contribution in [1.29, 1.82) is 0 Å². The molecule has 0 radical (unpaired) electrons. The van der Waals surface area contributed by atoms with Gasteiger partial charge in [0.05, 0.1) is 4.88 Å². The van der Waals surface area contributed by atoms with Crippen LogP contribution in [-0.4, -0.2) is 30.3 Å². The zero-order valence-corrected chi connectivity index (χ0v) is 11.1. The second-order valence-corrected chi connectivity index (χ2v) is 4.94. The molecule has 0 saturated carbocycles. The average molecular weight is 239 g/mol. The largest absolute Gasteiger partial charge is 0.303 e. The number of carbonyl (C=O) groups is 1. The highest BCUT2D eigenvalue weighted by molar-refractivity contribution is 7.12. The molecule has 90 valence electrons. The monoisotopic (exact) mass is 239 g/mol. The molecule has 1 rings (SSSR count). The Labute approximate surface area is 102 Å². The summed E-state index contributed by atoms with van der Waals surface area (Å²) in [6.45, 7) is 7.48. The first-order valence-electron chi connectivity index (χ1n) is 6.07. The van der Waals surface area contributed by atoms with E-state index in [1.807, 2.05) is 17.5 Å². The quantitative estimate of drug-likeness (QED) is 0.648. The van der Waals surface area contributed by atoms with Crippen LogP contribution in [0.1, 0.15) is 42.8 Å². The van der Waals surface area contributed by atoms with Crippen LogP contribution in [0.4, 0.5) is 0 Å². The fourth-order valence-electron chi connectivity index (χ4n) is 1.79. The number of hydrogen-bond acceptors (Lipinski definition) is 3. The standard InChI is InChI=1S/C13H21NOS/c1-3-8-14(9-4-2)10-7-12(15)13-6-5-11-16-13/h5-6,11H,3-4,7-10H2,1-2H3. The minimum Gasteiger partial charge on any atom is -0.303 e. The molecule has 0 aliphatic heterocycles. The summed E-state index contributed by atoms with van der Waals surface area (Å²) in [6.07, 6.45) is 2.97. The Morgan fingerprint density at radius 3 is 2.44 bits per heavy atom. The minimum absolute atomic E-state index is 0.284. The smallest absolute Gasteiger partial charge is 0.174 e. The summed E-state index contributed by atoms with van der Waals surface area (Å²) < 4.78 is 0. The topological polar surface area (TPSA) is 20.3 Å². The number of Topliss-reactive ketones (excluding diaryl/α,β-unsaturated/α-hetero) is 1. The van der Waals surface area contributed by atoms with E-state index >= 15 is 0 Å². The number of rotatable bonds is 8. The van der Waals surface area contributed by atoms with Gasteiger partial charge in [-0.2, -0.15) is 0 Å². The molecule has 0 unspecified atom stereocenters. The lowest BCUT2D eigenvalue weighted by Crippen LogP contribution is -2.27. The summed E-state index contributed by atoms with van der Waals surface area (Å²) >= 11 is 1.54. The summed E-state index contributed by atoms with van der Waals surface area (Å²) in [6, 6.07) is 3.85. The predicted molar refractivity (Wildman–Crippen MR) is 70.3 cm³/mol. The molecule has 0 aromatic carbocycles. The molecule has 2 nitrogen and oxygen atoms in total. The summed E-state index contributed by atoms with van der Waals surface area (Å²) in [4.78, 5) is 15.1. The number of hydrogen-bond donors (Lipinski definition) is 0. The van der Waals surface area contributed by atoms with Crippen LogP contribution in [0, 0.1) is 0 Å². The first-order valence-corrected chi connectivity index (χ1v) is 6.95. The maximum absolute atomic E-state index is 11.8. The Bertz CT molecular complexity index is 289. The van der Waals surface area contributed by atoms with Crippen molar-refractivity contribution >= 4 is 17.1 Å². The van der Waals surface area contributed by atoms with Crippen molar-refractivity contribution in [3.05, 3.63) is 22.4 Å². The lowest BCUT2D eigenvalue weighted by atomic mass is 10.2. The van der Waals surface area contributed by atoms with Crippen LogP contribution in [0.5, 0.6) is 0 Å². The van der Waals surface area contributed by atoms with E-state index in [0.717, 1.165) is 37.4 Å². The molecule has 0 spiro atoms. The van der Waals surface area contributed by atoms with E-state index in [1.165, 1.54) is 0 Å². The molecule has 0 fully saturated rings. The molecular formula is C13H21NOS. The third-order valence-corrected chi connectivity index (χ3v) is 3.44. The number of carbonyl (C=O) groups excluding carboxylic acids is 1. The minimum atomic E-state index is 0.284.